The molecule has 0 aliphatic rings. The fourth-order valence-electron chi connectivity index (χ4n) is 0.956. The molecule has 0 fully saturated rings. The average molecular weight is 202 g/mol. The van der Waals surface area contributed by atoms with Crippen LogP contribution in [0.25, 0.3) is 0 Å². The Morgan fingerprint density at radius 2 is 1.85 bits per heavy atom. The molecule has 1 atom stereocenters. The summed E-state index contributed by atoms with van der Waals surface area (Å²) >= 11 is 0. The van der Waals surface area contributed by atoms with Gasteiger partial charge < -0.3 is 0 Å². The van der Waals surface area contributed by atoms with E-state index in [9.17, 15) is 8.42 Å². The lowest BCUT2D eigenvalue weighted by molar-refractivity contribution is -0.671. The second-order valence-electron chi connectivity index (χ2n) is 2.95. The van der Waals surface area contributed by atoms with Gasteiger partial charge >= 0.3 is 0 Å². The number of aromatic nitrogens is 1. The second-order valence-corrected chi connectivity index (χ2v) is 4.69. The van der Waals surface area contributed by atoms with Crippen molar-refractivity contribution in [1.29, 1.82) is 0 Å². The summed E-state index contributed by atoms with van der Waals surface area (Å²) in [5.41, 5.74) is 0.584. The maximum absolute atomic E-state index is 10.8. The summed E-state index contributed by atoms with van der Waals surface area (Å²) in [6, 6.07) is 3.33. The molecular formula is C8H12NO3S+. The molecule has 0 aliphatic carbocycles. The molecular weight excluding hydrogens is 190 g/mol. The van der Waals surface area contributed by atoms with Gasteiger partial charge in [0, 0.05) is 12.1 Å². The van der Waals surface area contributed by atoms with Crippen LogP contribution in [0.3, 0.4) is 0 Å². The molecule has 4 nitrogen and oxygen atoms in total. The number of hydrogen-bond donors (Lipinski definition) is 1. The van der Waals surface area contributed by atoms with Crippen LogP contribution >= 0.6 is 0 Å². The predicted octanol–water partition coefficient (Wildman–Crippen LogP) is 0.460. The van der Waals surface area contributed by atoms with Gasteiger partial charge in [0.2, 0.25) is 0 Å². The molecule has 1 aromatic heterocycles. The Hall–Kier alpha value is -0.940. The molecule has 1 heterocycles. The molecule has 0 radical (unpaired) electrons. The maximum atomic E-state index is 10.8. The molecule has 1 rings (SSSR count). The van der Waals surface area contributed by atoms with E-state index in [-0.39, 0.29) is 0 Å². The van der Waals surface area contributed by atoms with Crippen molar-refractivity contribution in [3.63, 3.8) is 0 Å². The summed E-state index contributed by atoms with van der Waals surface area (Å²) < 4.78 is 32.1. The van der Waals surface area contributed by atoms with Crippen molar-refractivity contribution in [1.82, 2.24) is 0 Å². The Balaban J connectivity index is 3.04. The molecule has 5 heteroatoms. The van der Waals surface area contributed by atoms with E-state index in [4.69, 9.17) is 4.55 Å². The SMILES string of the molecule is CC(c1cc[n+](C)cc1)S(=O)(=O)O. The molecule has 0 aromatic carbocycles. The van der Waals surface area contributed by atoms with Crippen molar-refractivity contribution in [2.45, 2.75) is 12.2 Å². The fraction of sp³-hybridized carbons (Fsp3) is 0.375. The van der Waals surface area contributed by atoms with Gasteiger partial charge in [-0.1, -0.05) is 0 Å². The van der Waals surface area contributed by atoms with Crippen molar-refractivity contribution < 1.29 is 17.5 Å². The van der Waals surface area contributed by atoms with Gasteiger partial charge in [-0.25, -0.2) is 4.57 Å². The summed E-state index contributed by atoms with van der Waals surface area (Å²) in [7, 11) is -2.14. The quantitative estimate of drug-likeness (QED) is 0.560. The third-order valence-corrected chi connectivity index (χ3v) is 3.09. The molecule has 0 saturated carbocycles. The van der Waals surface area contributed by atoms with Gasteiger partial charge in [0.25, 0.3) is 10.1 Å². The Kier molecular flexibility index (Phi) is 2.68. The van der Waals surface area contributed by atoms with E-state index in [2.05, 4.69) is 0 Å². The molecule has 0 spiro atoms. The average Bonchev–Trinajstić information content (AvgIpc) is 2.03. The van der Waals surface area contributed by atoms with Gasteiger partial charge in [-0.15, -0.1) is 0 Å². The number of aryl methyl sites for hydroxylation is 1. The van der Waals surface area contributed by atoms with Crippen molar-refractivity contribution in [2.75, 3.05) is 0 Å². The minimum atomic E-state index is -3.98. The topological polar surface area (TPSA) is 58.2 Å². The minimum Gasteiger partial charge on any atom is -0.285 e. The molecule has 0 saturated heterocycles. The lowest BCUT2D eigenvalue weighted by Gasteiger charge is -2.06. The van der Waals surface area contributed by atoms with Crippen molar-refractivity contribution in [3.8, 4) is 0 Å². The number of hydrogen-bond acceptors (Lipinski definition) is 2. The minimum absolute atomic E-state index is 0.584. The van der Waals surface area contributed by atoms with Crippen LogP contribution in [0.2, 0.25) is 0 Å². The van der Waals surface area contributed by atoms with Gasteiger partial charge in [-0.3, -0.25) is 4.55 Å². The Morgan fingerprint density at radius 1 is 1.38 bits per heavy atom. The molecule has 0 bridgehead atoms. The summed E-state index contributed by atoms with van der Waals surface area (Å²) in [6.45, 7) is 1.45. The van der Waals surface area contributed by atoms with Crippen LogP contribution in [0, 0.1) is 0 Å². The third-order valence-electron chi connectivity index (χ3n) is 1.92. The van der Waals surface area contributed by atoms with E-state index in [0.29, 0.717) is 5.56 Å². The highest BCUT2D eigenvalue weighted by molar-refractivity contribution is 7.86. The van der Waals surface area contributed by atoms with Crippen LogP contribution in [0.1, 0.15) is 17.7 Å². The van der Waals surface area contributed by atoms with Crippen LogP contribution in [0.4, 0.5) is 0 Å². The lowest BCUT2D eigenvalue weighted by Crippen LogP contribution is -2.26. The van der Waals surface area contributed by atoms with Crippen LogP contribution in [-0.2, 0) is 17.2 Å². The van der Waals surface area contributed by atoms with Crippen LogP contribution in [-0.4, -0.2) is 13.0 Å². The summed E-state index contributed by atoms with van der Waals surface area (Å²) in [4.78, 5) is 0. The normalized spacial score (nSPS) is 14.1. The van der Waals surface area contributed by atoms with Gasteiger partial charge in [0.15, 0.2) is 12.4 Å². The standard InChI is InChI=1S/C8H11NO3S/c1-7(13(10,11)12)8-3-5-9(2)6-4-8/h3-7H,1-2H3/p+1. The van der Waals surface area contributed by atoms with E-state index in [1.54, 1.807) is 29.1 Å². The maximum Gasteiger partial charge on any atom is 0.271 e. The summed E-state index contributed by atoms with van der Waals surface area (Å²) in [6.07, 6.45) is 3.47. The smallest absolute Gasteiger partial charge is 0.271 e. The zero-order chi connectivity index (χ0) is 10.1. The zero-order valence-corrected chi connectivity index (χ0v) is 8.32. The number of nitrogens with zero attached hydrogens (tertiary/aromatic N) is 1. The molecule has 1 unspecified atom stereocenters. The van der Waals surface area contributed by atoms with E-state index >= 15 is 0 Å². The first kappa shape index (κ1) is 10.1. The number of pyridine rings is 1. The molecule has 0 amide bonds. The van der Waals surface area contributed by atoms with Crippen LogP contribution in [0.15, 0.2) is 24.5 Å². The highest BCUT2D eigenvalue weighted by Crippen LogP contribution is 2.18. The Labute approximate surface area is 77.6 Å². The first-order chi connectivity index (χ1) is 5.91. The highest BCUT2D eigenvalue weighted by Gasteiger charge is 2.19. The first-order valence-corrected chi connectivity index (χ1v) is 5.33. The number of rotatable bonds is 2. The summed E-state index contributed by atoms with van der Waals surface area (Å²) in [5, 5.41) is -0.867. The van der Waals surface area contributed by atoms with E-state index < -0.39 is 15.4 Å². The zero-order valence-electron chi connectivity index (χ0n) is 7.51. The molecule has 1 N–H and O–H groups in total. The van der Waals surface area contributed by atoms with Gasteiger partial charge in [0.1, 0.15) is 12.3 Å². The molecule has 0 aliphatic heterocycles. The van der Waals surface area contributed by atoms with Crippen molar-refractivity contribution in [3.05, 3.63) is 30.1 Å². The molecule has 13 heavy (non-hydrogen) atoms. The predicted molar refractivity (Wildman–Crippen MR) is 47.6 cm³/mol. The Bertz CT molecular complexity index is 382. The van der Waals surface area contributed by atoms with E-state index in [1.165, 1.54) is 6.92 Å². The second kappa shape index (κ2) is 3.43. The Morgan fingerprint density at radius 3 is 2.23 bits per heavy atom. The lowest BCUT2D eigenvalue weighted by atomic mass is 10.2. The fourth-order valence-corrected chi connectivity index (χ4v) is 1.46. The van der Waals surface area contributed by atoms with Gasteiger partial charge in [0.05, 0.1) is 0 Å². The molecule has 1 aromatic rings. The van der Waals surface area contributed by atoms with Crippen molar-refractivity contribution >= 4 is 10.1 Å². The van der Waals surface area contributed by atoms with Crippen LogP contribution in [0.5, 0.6) is 0 Å². The highest BCUT2D eigenvalue weighted by atomic mass is 32.2. The molecule has 72 valence electrons. The first-order valence-electron chi connectivity index (χ1n) is 3.83. The van der Waals surface area contributed by atoms with Gasteiger partial charge in [-0.2, -0.15) is 8.42 Å². The monoisotopic (exact) mass is 202 g/mol. The van der Waals surface area contributed by atoms with Gasteiger partial charge in [-0.05, 0) is 12.5 Å². The van der Waals surface area contributed by atoms with E-state index in [0.717, 1.165) is 0 Å². The summed E-state index contributed by atoms with van der Waals surface area (Å²) in [5.74, 6) is 0. The largest absolute Gasteiger partial charge is 0.285 e. The third kappa shape index (κ3) is 2.50. The van der Waals surface area contributed by atoms with E-state index in [1.807, 2.05) is 7.05 Å². The van der Waals surface area contributed by atoms with Crippen LogP contribution < -0.4 is 4.57 Å². The van der Waals surface area contributed by atoms with Crippen molar-refractivity contribution in [2.24, 2.45) is 7.05 Å².